The Bertz CT molecular complexity index is 1070. The Hall–Kier alpha value is -3.55. The number of fused-ring (bicyclic) bond motifs is 1. The summed E-state index contributed by atoms with van der Waals surface area (Å²) in [6.45, 7) is 1.01. The van der Waals surface area contributed by atoms with Crippen LogP contribution in [-0.4, -0.2) is 61.0 Å². The number of amides is 4. The molecule has 2 atom stereocenters. The minimum atomic E-state index is -0.287. The van der Waals surface area contributed by atoms with Crippen LogP contribution in [0.15, 0.2) is 48.5 Å². The molecule has 192 valence electrons. The number of nitrogens with one attached hydrogen (secondary N) is 1. The van der Waals surface area contributed by atoms with Gasteiger partial charge in [-0.25, -0.2) is 4.79 Å². The summed E-state index contributed by atoms with van der Waals surface area (Å²) in [6, 6.07) is 15.2. The molecule has 1 aliphatic carbocycles. The van der Waals surface area contributed by atoms with Crippen molar-refractivity contribution in [3.8, 4) is 11.5 Å². The van der Waals surface area contributed by atoms with E-state index in [9.17, 15) is 14.4 Å². The topological polar surface area (TPSA) is 88.2 Å². The zero-order chi connectivity index (χ0) is 25.5. The molecule has 8 heteroatoms. The Morgan fingerprint density at radius 3 is 2.47 bits per heavy atom. The van der Waals surface area contributed by atoms with Gasteiger partial charge < -0.3 is 19.7 Å². The van der Waals surface area contributed by atoms with E-state index in [0.717, 1.165) is 36.8 Å². The third-order valence-electron chi connectivity index (χ3n) is 7.13. The molecule has 1 aliphatic heterocycles. The molecule has 8 nitrogen and oxygen atoms in total. The maximum absolute atomic E-state index is 13.4. The van der Waals surface area contributed by atoms with Crippen LogP contribution in [0.5, 0.6) is 11.5 Å². The molecular formula is C28H35N3O5. The predicted molar refractivity (Wildman–Crippen MR) is 136 cm³/mol. The molecule has 2 unspecified atom stereocenters. The fourth-order valence-corrected chi connectivity index (χ4v) is 5.22. The van der Waals surface area contributed by atoms with Gasteiger partial charge in [0.1, 0.15) is 0 Å². The summed E-state index contributed by atoms with van der Waals surface area (Å²) in [7, 11) is 3.17. The number of benzene rings is 2. The van der Waals surface area contributed by atoms with Gasteiger partial charge in [0, 0.05) is 32.1 Å². The summed E-state index contributed by atoms with van der Waals surface area (Å²) in [5.41, 5.74) is 2.05. The van der Waals surface area contributed by atoms with Gasteiger partial charge in [-0.3, -0.25) is 14.5 Å². The standard InChI is InChI=1S/C28H35N3O5/c1-35-24-13-12-20(18-25(24)36-2)14-16-29-26(32)15-17-30-27(33)22-10-6-7-11-23(22)31(28(30)34)19-21-8-4-3-5-9-21/h3-5,8-9,12-13,18,22-23H,6-7,10-11,14-17,19H2,1-2H3,(H,29,32). The third-order valence-corrected chi connectivity index (χ3v) is 7.13. The number of methoxy groups -OCH3 is 2. The van der Waals surface area contributed by atoms with Crippen molar-refractivity contribution < 1.29 is 23.9 Å². The van der Waals surface area contributed by atoms with Crippen LogP contribution in [0.25, 0.3) is 0 Å². The number of rotatable bonds is 10. The number of ether oxygens (including phenoxy) is 2. The van der Waals surface area contributed by atoms with Crippen molar-refractivity contribution in [1.29, 1.82) is 0 Å². The molecular weight excluding hydrogens is 458 g/mol. The van der Waals surface area contributed by atoms with E-state index in [1.54, 1.807) is 14.2 Å². The van der Waals surface area contributed by atoms with Crippen molar-refractivity contribution >= 4 is 17.8 Å². The molecule has 4 amide bonds. The molecule has 0 radical (unpaired) electrons. The van der Waals surface area contributed by atoms with E-state index in [-0.39, 0.29) is 42.8 Å². The molecule has 1 saturated heterocycles. The van der Waals surface area contributed by atoms with Crippen molar-refractivity contribution in [3.05, 3.63) is 59.7 Å². The summed E-state index contributed by atoms with van der Waals surface area (Å²) in [4.78, 5) is 42.3. The van der Waals surface area contributed by atoms with Crippen molar-refractivity contribution in [1.82, 2.24) is 15.1 Å². The Morgan fingerprint density at radius 1 is 0.972 bits per heavy atom. The number of hydrogen-bond acceptors (Lipinski definition) is 5. The molecule has 0 aromatic heterocycles. The zero-order valence-electron chi connectivity index (χ0n) is 21.1. The molecule has 1 heterocycles. The Balaban J connectivity index is 1.33. The highest BCUT2D eigenvalue weighted by Gasteiger charge is 2.46. The summed E-state index contributed by atoms with van der Waals surface area (Å²) >= 11 is 0. The first-order valence-electron chi connectivity index (χ1n) is 12.7. The highest BCUT2D eigenvalue weighted by atomic mass is 16.5. The van der Waals surface area contributed by atoms with Gasteiger partial charge in [-0.15, -0.1) is 0 Å². The second-order valence-electron chi connectivity index (χ2n) is 9.38. The van der Waals surface area contributed by atoms with Gasteiger partial charge in [0.2, 0.25) is 11.8 Å². The van der Waals surface area contributed by atoms with Crippen LogP contribution in [0.1, 0.15) is 43.2 Å². The first kappa shape index (κ1) is 25.5. The highest BCUT2D eigenvalue weighted by molar-refractivity contribution is 5.99. The lowest BCUT2D eigenvalue weighted by Gasteiger charge is -2.46. The normalized spacial score (nSPS) is 19.6. The van der Waals surface area contributed by atoms with E-state index in [1.165, 1.54) is 4.90 Å². The summed E-state index contributed by atoms with van der Waals surface area (Å²) in [6.07, 6.45) is 4.36. The second kappa shape index (κ2) is 11.9. The number of imide groups is 1. The van der Waals surface area contributed by atoms with Gasteiger partial charge in [-0.2, -0.15) is 0 Å². The summed E-state index contributed by atoms with van der Waals surface area (Å²) < 4.78 is 10.6. The molecule has 2 fully saturated rings. The Labute approximate surface area is 212 Å². The monoisotopic (exact) mass is 493 g/mol. The van der Waals surface area contributed by atoms with E-state index in [1.807, 2.05) is 53.4 Å². The number of nitrogens with zero attached hydrogens (tertiary/aromatic N) is 2. The number of urea groups is 1. The first-order valence-corrected chi connectivity index (χ1v) is 12.7. The van der Waals surface area contributed by atoms with Gasteiger partial charge >= 0.3 is 6.03 Å². The summed E-state index contributed by atoms with van der Waals surface area (Å²) in [5.74, 6) is 0.795. The van der Waals surface area contributed by atoms with Gasteiger partial charge in [0.05, 0.1) is 20.1 Å². The largest absolute Gasteiger partial charge is 0.493 e. The third kappa shape index (κ3) is 5.80. The van der Waals surface area contributed by atoms with Crippen molar-refractivity contribution in [3.63, 3.8) is 0 Å². The molecule has 2 aromatic carbocycles. The van der Waals surface area contributed by atoms with Crippen LogP contribution in [0.4, 0.5) is 4.79 Å². The lowest BCUT2D eigenvalue weighted by Crippen LogP contribution is -2.62. The smallest absolute Gasteiger partial charge is 0.327 e. The minimum Gasteiger partial charge on any atom is -0.493 e. The van der Waals surface area contributed by atoms with Crippen molar-refractivity contribution in [2.24, 2.45) is 5.92 Å². The zero-order valence-corrected chi connectivity index (χ0v) is 21.1. The molecule has 0 spiro atoms. The van der Waals surface area contributed by atoms with E-state index in [4.69, 9.17) is 9.47 Å². The fourth-order valence-electron chi connectivity index (χ4n) is 5.22. The van der Waals surface area contributed by atoms with Crippen LogP contribution >= 0.6 is 0 Å². The van der Waals surface area contributed by atoms with E-state index < -0.39 is 0 Å². The molecule has 36 heavy (non-hydrogen) atoms. The first-order chi connectivity index (χ1) is 17.5. The van der Waals surface area contributed by atoms with Gasteiger partial charge in [0.25, 0.3) is 0 Å². The average Bonchev–Trinajstić information content (AvgIpc) is 2.91. The van der Waals surface area contributed by atoms with Crippen LogP contribution in [0.3, 0.4) is 0 Å². The van der Waals surface area contributed by atoms with Gasteiger partial charge in [0.15, 0.2) is 11.5 Å². The van der Waals surface area contributed by atoms with E-state index in [0.29, 0.717) is 31.0 Å². The lowest BCUT2D eigenvalue weighted by molar-refractivity contribution is -0.141. The minimum absolute atomic E-state index is 0.0643. The lowest BCUT2D eigenvalue weighted by atomic mass is 9.81. The number of hydrogen-bond donors (Lipinski definition) is 1. The Kier molecular flexibility index (Phi) is 8.46. The van der Waals surface area contributed by atoms with Crippen LogP contribution < -0.4 is 14.8 Å². The fraction of sp³-hybridized carbons (Fsp3) is 0.464. The Morgan fingerprint density at radius 2 is 1.72 bits per heavy atom. The molecule has 1 N–H and O–H groups in total. The average molecular weight is 494 g/mol. The quantitative estimate of drug-likeness (QED) is 0.544. The molecule has 0 bridgehead atoms. The van der Waals surface area contributed by atoms with E-state index >= 15 is 0 Å². The molecule has 1 saturated carbocycles. The van der Waals surface area contributed by atoms with E-state index in [2.05, 4.69) is 5.32 Å². The summed E-state index contributed by atoms with van der Waals surface area (Å²) in [5, 5.41) is 2.90. The molecule has 2 aromatic rings. The number of carbonyl (C=O) groups excluding carboxylic acids is 3. The van der Waals surface area contributed by atoms with Gasteiger partial charge in [-0.05, 0) is 42.5 Å². The van der Waals surface area contributed by atoms with Crippen LogP contribution in [-0.2, 0) is 22.6 Å². The van der Waals surface area contributed by atoms with Crippen molar-refractivity contribution in [2.45, 2.75) is 51.1 Å². The highest BCUT2D eigenvalue weighted by Crippen LogP contribution is 2.35. The van der Waals surface area contributed by atoms with Crippen LogP contribution in [0.2, 0.25) is 0 Å². The van der Waals surface area contributed by atoms with Crippen molar-refractivity contribution in [2.75, 3.05) is 27.3 Å². The maximum Gasteiger partial charge on any atom is 0.327 e. The molecule has 4 rings (SSSR count). The predicted octanol–water partition coefficient (Wildman–Crippen LogP) is 3.78. The number of carbonyl (C=O) groups is 3. The molecule has 2 aliphatic rings. The van der Waals surface area contributed by atoms with Crippen LogP contribution in [0, 0.1) is 5.92 Å². The maximum atomic E-state index is 13.4. The SMILES string of the molecule is COc1ccc(CCNC(=O)CCN2C(=O)C3CCCCC3N(Cc3ccccc3)C2=O)cc1OC. The second-order valence-corrected chi connectivity index (χ2v) is 9.38. The van der Waals surface area contributed by atoms with Gasteiger partial charge in [-0.1, -0.05) is 49.2 Å².